The van der Waals surface area contributed by atoms with Crippen molar-refractivity contribution in [1.29, 1.82) is 0 Å². The third-order valence-electron chi connectivity index (χ3n) is 2.13. The second-order valence-corrected chi connectivity index (χ2v) is 3.83. The van der Waals surface area contributed by atoms with Gasteiger partial charge in [0.05, 0.1) is 11.2 Å². The first kappa shape index (κ1) is 11.6. The Bertz CT molecular complexity index is 568. The first-order valence-corrected chi connectivity index (χ1v) is 5.12. The van der Waals surface area contributed by atoms with Crippen LogP contribution in [0.15, 0.2) is 28.8 Å². The first-order valence-electron chi connectivity index (χ1n) is 4.74. The molecule has 6 heteroatoms. The molecule has 4 nitrogen and oxygen atoms in total. The molecule has 0 fully saturated rings. The molecule has 0 spiro atoms. The number of oxazole rings is 1. The van der Waals surface area contributed by atoms with Crippen molar-refractivity contribution in [3.8, 4) is 0 Å². The lowest BCUT2D eigenvalue weighted by atomic mass is 10.1. The number of primary amides is 1. The number of amides is 1. The maximum Gasteiger partial charge on any atom is 0.304 e. The lowest BCUT2D eigenvalue weighted by molar-refractivity contribution is 0.0965. The van der Waals surface area contributed by atoms with Crippen LogP contribution >= 0.6 is 11.6 Å². The maximum atomic E-state index is 13.2. The highest BCUT2D eigenvalue weighted by Crippen LogP contribution is 2.18. The van der Waals surface area contributed by atoms with E-state index in [0.29, 0.717) is 17.7 Å². The molecule has 88 valence electrons. The quantitative estimate of drug-likeness (QED) is 0.912. The Kier molecular flexibility index (Phi) is 3.10. The molecular formula is C11H8ClFN2O2. The molecule has 0 unspecified atom stereocenters. The Morgan fingerprint density at radius 3 is 2.88 bits per heavy atom. The smallest absolute Gasteiger partial charge is 0.304 e. The van der Waals surface area contributed by atoms with Gasteiger partial charge in [0.2, 0.25) is 0 Å². The number of benzene rings is 1. The highest BCUT2D eigenvalue weighted by atomic mass is 35.5. The van der Waals surface area contributed by atoms with E-state index in [1.165, 1.54) is 18.3 Å². The number of hydrogen-bond donors (Lipinski definition) is 1. The van der Waals surface area contributed by atoms with E-state index in [4.69, 9.17) is 21.8 Å². The molecule has 0 aliphatic heterocycles. The molecule has 0 aliphatic carbocycles. The van der Waals surface area contributed by atoms with Crippen LogP contribution in [0.25, 0.3) is 0 Å². The van der Waals surface area contributed by atoms with E-state index in [9.17, 15) is 9.18 Å². The highest BCUT2D eigenvalue weighted by Gasteiger charge is 2.10. The van der Waals surface area contributed by atoms with Gasteiger partial charge in [-0.1, -0.05) is 17.7 Å². The largest absolute Gasteiger partial charge is 0.437 e. The second kappa shape index (κ2) is 4.55. The summed E-state index contributed by atoms with van der Waals surface area (Å²) in [5.41, 5.74) is 5.66. The fourth-order valence-corrected chi connectivity index (χ4v) is 1.47. The van der Waals surface area contributed by atoms with Crippen molar-refractivity contribution in [3.05, 3.63) is 52.5 Å². The summed E-state index contributed by atoms with van der Waals surface area (Å²) in [6, 6.07) is 4.42. The Hall–Kier alpha value is -1.88. The molecule has 0 atom stereocenters. The summed E-state index contributed by atoms with van der Waals surface area (Å²) in [5, 5.41) is 0.0594. The monoisotopic (exact) mass is 254 g/mol. The minimum atomic E-state index is -0.737. The van der Waals surface area contributed by atoms with Crippen LogP contribution in [0.3, 0.4) is 0 Å². The van der Waals surface area contributed by atoms with Gasteiger partial charge in [0, 0.05) is 6.42 Å². The van der Waals surface area contributed by atoms with Crippen LogP contribution in [0.5, 0.6) is 0 Å². The summed E-state index contributed by atoms with van der Waals surface area (Å²) in [7, 11) is 0. The van der Waals surface area contributed by atoms with Gasteiger partial charge in [-0.3, -0.25) is 4.79 Å². The molecule has 17 heavy (non-hydrogen) atoms. The lowest BCUT2D eigenvalue weighted by Crippen LogP contribution is -2.10. The summed E-state index contributed by atoms with van der Waals surface area (Å²) in [4.78, 5) is 14.4. The third-order valence-corrected chi connectivity index (χ3v) is 2.43. The van der Waals surface area contributed by atoms with E-state index in [2.05, 4.69) is 4.98 Å². The van der Waals surface area contributed by atoms with E-state index in [1.54, 1.807) is 6.07 Å². The van der Waals surface area contributed by atoms with Gasteiger partial charge in [0.15, 0.2) is 0 Å². The van der Waals surface area contributed by atoms with Gasteiger partial charge in [-0.25, -0.2) is 9.37 Å². The molecule has 2 rings (SSSR count). The van der Waals surface area contributed by atoms with Crippen molar-refractivity contribution >= 4 is 17.5 Å². The van der Waals surface area contributed by atoms with Crippen LogP contribution in [0.2, 0.25) is 5.02 Å². The molecule has 0 saturated carbocycles. The molecule has 1 amide bonds. The Morgan fingerprint density at radius 2 is 2.29 bits per heavy atom. The van der Waals surface area contributed by atoms with Crippen molar-refractivity contribution in [2.75, 3.05) is 0 Å². The molecule has 1 aromatic heterocycles. The van der Waals surface area contributed by atoms with Gasteiger partial charge in [-0.2, -0.15) is 0 Å². The van der Waals surface area contributed by atoms with Crippen LogP contribution in [0.4, 0.5) is 4.39 Å². The number of rotatable bonds is 3. The molecule has 0 radical (unpaired) electrons. The van der Waals surface area contributed by atoms with Gasteiger partial charge >= 0.3 is 5.91 Å². The zero-order valence-corrected chi connectivity index (χ0v) is 9.37. The summed E-state index contributed by atoms with van der Waals surface area (Å²) in [5.74, 6) is -0.965. The van der Waals surface area contributed by atoms with Crippen molar-refractivity contribution in [3.63, 3.8) is 0 Å². The van der Waals surface area contributed by atoms with Gasteiger partial charge in [0.1, 0.15) is 11.6 Å². The van der Waals surface area contributed by atoms with Crippen LogP contribution in [-0.2, 0) is 6.42 Å². The predicted molar refractivity (Wildman–Crippen MR) is 59.2 cm³/mol. The molecule has 1 heterocycles. The van der Waals surface area contributed by atoms with Crippen molar-refractivity contribution in [2.45, 2.75) is 6.42 Å². The summed E-state index contributed by atoms with van der Waals surface area (Å²) in [6.45, 7) is 0. The fourth-order valence-electron chi connectivity index (χ4n) is 1.35. The van der Waals surface area contributed by atoms with Crippen molar-refractivity contribution < 1.29 is 13.6 Å². The Morgan fingerprint density at radius 1 is 1.53 bits per heavy atom. The zero-order valence-electron chi connectivity index (χ0n) is 8.61. The van der Waals surface area contributed by atoms with Crippen LogP contribution in [0.1, 0.15) is 22.0 Å². The van der Waals surface area contributed by atoms with Gasteiger partial charge in [0.25, 0.3) is 5.89 Å². The van der Waals surface area contributed by atoms with E-state index in [-0.39, 0.29) is 10.9 Å². The fraction of sp³-hybridized carbons (Fsp3) is 0.0909. The number of halogens is 2. The minimum absolute atomic E-state index is 0.0594. The van der Waals surface area contributed by atoms with Crippen LogP contribution in [0, 0.1) is 5.82 Å². The minimum Gasteiger partial charge on any atom is -0.437 e. The number of hydrogen-bond acceptors (Lipinski definition) is 3. The summed E-state index contributed by atoms with van der Waals surface area (Å²) in [6.07, 6.45) is 1.70. The number of carbonyl (C=O) groups is 1. The molecule has 0 bridgehead atoms. The van der Waals surface area contributed by atoms with Gasteiger partial charge < -0.3 is 10.2 Å². The molecule has 2 N–H and O–H groups in total. The van der Waals surface area contributed by atoms with Gasteiger partial charge in [-0.15, -0.1) is 0 Å². The topological polar surface area (TPSA) is 69.1 Å². The molecule has 2 aromatic rings. The van der Waals surface area contributed by atoms with Gasteiger partial charge in [-0.05, 0) is 17.7 Å². The highest BCUT2D eigenvalue weighted by molar-refractivity contribution is 6.30. The van der Waals surface area contributed by atoms with Crippen molar-refractivity contribution in [1.82, 2.24) is 4.98 Å². The average Bonchev–Trinajstić information content (AvgIpc) is 2.72. The molecular weight excluding hydrogens is 247 g/mol. The summed E-state index contributed by atoms with van der Waals surface area (Å²) >= 11 is 5.56. The molecule has 0 aliphatic rings. The number of nitrogens with two attached hydrogens (primary N) is 1. The number of aromatic nitrogens is 1. The normalized spacial score (nSPS) is 10.5. The zero-order chi connectivity index (χ0) is 12.4. The third kappa shape index (κ3) is 2.62. The van der Waals surface area contributed by atoms with Crippen LogP contribution in [-0.4, -0.2) is 10.9 Å². The average molecular weight is 255 g/mol. The van der Waals surface area contributed by atoms with E-state index < -0.39 is 11.7 Å². The SMILES string of the molecule is NC(=O)c1ncc(Cc2ccc(Cl)c(F)c2)o1. The molecule has 1 aromatic carbocycles. The van der Waals surface area contributed by atoms with E-state index in [1.807, 2.05) is 0 Å². The lowest BCUT2D eigenvalue weighted by Gasteiger charge is -1.99. The Labute approximate surface area is 101 Å². The second-order valence-electron chi connectivity index (χ2n) is 3.42. The summed E-state index contributed by atoms with van der Waals surface area (Å²) < 4.78 is 18.2. The predicted octanol–water partition coefficient (Wildman–Crippen LogP) is 2.16. The Balaban J connectivity index is 2.19. The standard InChI is InChI=1S/C11H8ClFN2O2/c12-8-2-1-6(4-9(8)13)3-7-5-15-11(17-7)10(14)16/h1-2,4-5H,3H2,(H2,14,16). The van der Waals surface area contributed by atoms with Crippen molar-refractivity contribution in [2.24, 2.45) is 5.73 Å². The number of carbonyl (C=O) groups excluding carboxylic acids is 1. The maximum absolute atomic E-state index is 13.2. The number of nitrogens with zero attached hydrogens (tertiary/aromatic N) is 1. The first-order chi connectivity index (χ1) is 8.06. The van der Waals surface area contributed by atoms with E-state index >= 15 is 0 Å². The molecule has 0 saturated heterocycles. The van der Waals surface area contributed by atoms with E-state index in [0.717, 1.165) is 0 Å². The van der Waals surface area contributed by atoms with Crippen LogP contribution < -0.4 is 5.73 Å².